The predicted molar refractivity (Wildman–Crippen MR) is 82.1 cm³/mol. The molecule has 5 heteroatoms. The highest BCUT2D eigenvalue weighted by Gasteiger charge is 2.32. The molecule has 1 aromatic carbocycles. The van der Waals surface area contributed by atoms with E-state index in [1.165, 1.54) is 28.3 Å². The lowest BCUT2D eigenvalue weighted by molar-refractivity contribution is 0.483. The molecule has 1 aliphatic rings. The molecule has 2 rings (SSSR count). The molecule has 0 aromatic heterocycles. The minimum Gasteiger partial charge on any atom is -0.309 e. The van der Waals surface area contributed by atoms with Gasteiger partial charge in [0.25, 0.3) is 0 Å². The maximum absolute atomic E-state index is 11.8. The topological polar surface area (TPSA) is 49.4 Å². The first kappa shape index (κ1) is 15.5. The molecule has 0 bridgehead atoms. The number of hydrogen-bond donors (Lipinski definition) is 1. The number of nitrogens with zero attached hydrogens (tertiary/aromatic N) is 1. The number of rotatable bonds is 7. The van der Waals surface area contributed by atoms with Gasteiger partial charge < -0.3 is 5.32 Å². The van der Waals surface area contributed by atoms with E-state index >= 15 is 0 Å². The van der Waals surface area contributed by atoms with Crippen LogP contribution in [0.5, 0.6) is 0 Å². The van der Waals surface area contributed by atoms with Gasteiger partial charge in [0.2, 0.25) is 10.0 Å². The molecule has 1 fully saturated rings. The van der Waals surface area contributed by atoms with Gasteiger partial charge in [-0.15, -0.1) is 0 Å². The normalized spacial score (nSPS) is 17.4. The van der Waals surface area contributed by atoms with Crippen molar-refractivity contribution in [1.29, 1.82) is 0 Å². The lowest BCUT2D eigenvalue weighted by atomic mass is 10.0. The van der Waals surface area contributed by atoms with E-state index in [-0.39, 0.29) is 11.8 Å². The largest absolute Gasteiger partial charge is 0.309 e. The number of aryl methyl sites for hydroxylation is 1. The lowest BCUT2D eigenvalue weighted by Crippen LogP contribution is -2.33. The third-order valence-electron chi connectivity index (χ3n) is 3.81. The van der Waals surface area contributed by atoms with Crippen molar-refractivity contribution in [2.75, 3.05) is 26.4 Å². The molecule has 0 aliphatic heterocycles. The molecule has 0 heterocycles. The fourth-order valence-electron chi connectivity index (χ4n) is 2.29. The van der Waals surface area contributed by atoms with Crippen LogP contribution in [0.4, 0.5) is 0 Å². The number of benzene rings is 1. The Morgan fingerprint density at radius 1 is 1.25 bits per heavy atom. The van der Waals surface area contributed by atoms with E-state index in [2.05, 4.69) is 36.5 Å². The van der Waals surface area contributed by atoms with Gasteiger partial charge in [0.05, 0.1) is 5.75 Å². The molecule has 0 saturated heterocycles. The van der Waals surface area contributed by atoms with Gasteiger partial charge in [-0.1, -0.05) is 29.8 Å². The Morgan fingerprint density at radius 3 is 2.35 bits per heavy atom. The van der Waals surface area contributed by atoms with E-state index in [4.69, 9.17) is 0 Å². The van der Waals surface area contributed by atoms with Crippen molar-refractivity contribution in [2.45, 2.75) is 25.8 Å². The van der Waals surface area contributed by atoms with Crippen LogP contribution in [-0.2, 0) is 10.0 Å². The molecular formula is C15H24N2O2S. The van der Waals surface area contributed by atoms with Crippen molar-refractivity contribution in [3.05, 3.63) is 35.4 Å². The van der Waals surface area contributed by atoms with Gasteiger partial charge in [-0.2, -0.15) is 0 Å². The molecule has 0 amide bonds. The monoisotopic (exact) mass is 296 g/mol. The van der Waals surface area contributed by atoms with Crippen LogP contribution in [0, 0.1) is 12.8 Å². The van der Waals surface area contributed by atoms with Crippen LogP contribution in [0.2, 0.25) is 0 Å². The Morgan fingerprint density at radius 2 is 1.85 bits per heavy atom. The van der Waals surface area contributed by atoms with Crippen LogP contribution >= 0.6 is 0 Å². The number of nitrogens with one attached hydrogen (secondary N) is 1. The maximum atomic E-state index is 11.8. The van der Waals surface area contributed by atoms with Crippen LogP contribution in [0.15, 0.2) is 24.3 Å². The van der Waals surface area contributed by atoms with E-state index in [9.17, 15) is 8.42 Å². The van der Waals surface area contributed by atoms with Crippen molar-refractivity contribution in [3.8, 4) is 0 Å². The molecule has 1 aliphatic carbocycles. The van der Waals surface area contributed by atoms with E-state index in [0.29, 0.717) is 12.5 Å². The second-order valence-electron chi connectivity index (χ2n) is 5.78. The molecule has 20 heavy (non-hydrogen) atoms. The van der Waals surface area contributed by atoms with Crippen molar-refractivity contribution >= 4 is 10.0 Å². The van der Waals surface area contributed by atoms with E-state index in [1.54, 1.807) is 14.1 Å². The summed E-state index contributed by atoms with van der Waals surface area (Å²) in [6.07, 6.45) is 2.46. The van der Waals surface area contributed by atoms with Crippen LogP contribution in [0.1, 0.15) is 30.0 Å². The third-order valence-corrected chi connectivity index (χ3v) is 5.64. The summed E-state index contributed by atoms with van der Waals surface area (Å²) in [5.74, 6) is 0.800. The minimum atomic E-state index is -3.12. The highest BCUT2D eigenvalue weighted by atomic mass is 32.2. The van der Waals surface area contributed by atoms with Crippen molar-refractivity contribution in [3.63, 3.8) is 0 Å². The summed E-state index contributed by atoms with van der Waals surface area (Å²) in [7, 11) is 0.0369. The van der Waals surface area contributed by atoms with Gasteiger partial charge in [0.15, 0.2) is 0 Å². The molecule has 1 N–H and O–H groups in total. The summed E-state index contributed by atoms with van der Waals surface area (Å²) in [6, 6.07) is 8.80. The Kier molecular flexibility index (Phi) is 4.83. The van der Waals surface area contributed by atoms with E-state index in [0.717, 1.165) is 0 Å². The number of hydrogen-bond acceptors (Lipinski definition) is 3. The van der Waals surface area contributed by atoms with Crippen LogP contribution < -0.4 is 5.32 Å². The smallest absolute Gasteiger partial charge is 0.214 e. The van der Waals surface area contributed by atoms with E-state index in [1.807, 2.05) is 0 Å². The third kappa shape index (κ3) is 4.04. The van der Waals surface area contributed by atoms with Gasteiger partial charge in [-0.3, -0.25) is 0 Å². The molecule has 0 radical (unpaired) electrons. The second-order valence-corrected chi connectivity index (χ2v) is 8.08. The summed E-state index contributed by atoms with van der Waals surface area (Å²) >= 11 is 0. The fraction of sp³-hybridized carbons (Fsp3) is 0.600. The van der Waals surface area contributed by atoms with Gasteiger partial charge in [0.1, 0.15) is 0 Å². The van der Waals surface area contributed by atoms with Crippen molar-refractivity contribution in [2.24, 2.45) is 5.92 Å². The van der Waals surface area contributed by atoms with Gasteiger partial charge >= 0.3 is 0 Å². The molecule has 1 unspecified atom stereocenters. The molecule has 1 saturated carbocycles. The first-order chi connectivity index (χ1) is 9.40. The summed E-state index contributed by atoms with van der Waals surface area (Å²) in [5.41, 5.74) is 2.51. The average Bonchev–Trinajstić information content (AvgIpc) is 3.20. The van der Waals surface area contributed by atoms with Crippen LogP contribution in [0.25, 0.3) is 0 Å². The summed E-state index contributed by atoms with van der Waals surface area (Å²) in [6.45, 7) is 2.57. The first-order valence-electron chi connectivity index (χ1n) is 7.10. The van der Waals surface area contributed by atoms with Gasteiger partial charge in [0, 0.05) is 26.7 Å². The molecule has 1 aromatic rings. The van der Waals surface area contributed by atoms with E-state index < -0.39 is 10.0 Å². The fourth-order valence-corrected chi connectivity index (χ4v) is 3.03. The minimum absolute atomic E-state index is 0.148. The summed E-state index contributed by atoms with van der Waals surface area (Å²) < 4.78 is 24.8. The van der Waals surface area contributed by atoms with Gasteiger partial charge in [-0.05, 0) is 31.2 Å². The quantitative estimate of drug-likeness (QED) is 0.836. The average molecular weight is 296 g/mol. The zero-order valence-corrected chi connectivity index (χ0v) is 13.3. The van der Waals surface area contributed by atoms with Crippen molar-refractivity contribution in [1.82, 2.24) is 9.62 Å². The molecular weight excluding hydrogens is 272 g/mol. The highest BCUT2D eigenvalue weighted by Crippen LogP contribution is 2.40. The zero-order chi connectivity index (χ0) is 14.8. The van der Waals surface area contributed by atoms with Crippen LogP contribution in [-0.4, -0.2) is 39.1 Å². The standard InChI is InChI=1S/C15H24N2O2S/c1-12-4-6-13(7-5-12)15(14-8-9-14)16-10-11-20(18,19)17(2)3/h4-7,14-16H,8-11H2,1-3H3. The lowest BCUT2D eigenvalue weighted by Gasteiger charge is -2.20. The Balaban J connectivity index is 1.96. The Hall–Kier alpha value is -0.910. The Bertz CT molecular complexity index is 533. The summed E-state index contributed by atoms with van der Waals surface area (Å²) in [5, 5.41) is 3.42. The SMILES string of the molecule is Cc1ccc(C(NCCS(=O)(=O)N(C)C)C2CC2)cc1. The van der Waals surface area contributed by atoms with Gasteiger partial charge in [-0.25, -0.2) is 12.7 Å². The second kappa shape index (κ2) is 6.24. The molecule has 4 nitrogen and oxygen atoms in total. The zero-order valence-electron chi connectivity index (χ0n) is 12.5. The predicted octanol–water partition coefficient (Wildman–Crippen LogP) is 1.93. The summed E-state index contributed by atoms with van der Waals surface area (Å²) in [4.78, 5) is 0. The molecule has 112 valence electrons. The molecule has 0 spiro atoms. The number of sulfonamides is 1. The van der Waals surface area contributed by atoms with Crippen molar-refractivity contribution < 1.29 is 8.42 Å². The molecule has 1 atom stereocenters. The highest BCUT2D eigenvalue weighted by molar-refractivity contribution is 7.89. The van der Waals surface area contributed by atoms with Crippen LogP contribution in [0.3, 0.4) is 0 Å². The maximum Gasteiger partial charge on any atom is 0.214 e. The Labute approximate surface area is 122 Å². The first-order valence-corrected chi connectivity index (χ1v) is 8.71.